The van der Waals surface area contributed by atoms with Crippen molar-refractivity contribution in [3.8, 4) is 34.5 Å². The first-order valence-electron chi connectivity index (χ1n) is 40.2. The van der Waals surface area contributed by atoms with E-state index in [0.29, 0.717) is 34.5 Å². The molecule has 25 heteroatoms. The molecule has 0 atom stereocenters. The highest BCUT2D eigenvalue weighted by Gasteiger charge is 2.47. The number of benzene rings is 12. The van der Waals surface area contributed by atoms with Crippen LogP contribution >= 0.6 is 0 Å². The number of hydrogen-bond acceptors (Lipinski definition) is 18. The van der Waals surface area contributed by atoms with Gasteiger partial charge in [-0.15, -0.1) is 0 Å². The van der Waals surface area contributed by atoms with Gasteiger partial charge in [-0.1, -0.05) is 218 Å². The van der Waals surface area contributed by atoms with Gasteiger partial charge in [0.1, 0.15) is 84.9 Å². The van der Waals surface area contributed by atoms with E-state index in [2.05, 4.69) is 19.9 Å². The average molecular weight is 1680 g/mol. The molecule has 1 N–H and O–H groups in total. The molecule has 12 aromatic carbocycles. The number of halogens is 3. The summed E-state index contributed by atoms with van der Waals surface area (Å²) in [6.45, 7) is 1.89. The van der Waals surface area contributed by atoms with Gasteiger partial charge in [-0.25, -0.2) is 18.0 Å². The molecule has 0 saturated carbocycles. The summed E-state index contributed by atoms with van der Waals surface area (Å²) in [7, 11) is 2.87. The molecule has 126 heavy (non-hydrogen) atoms. The second kappa shape index (κ2) is 38.7. The van der Waals surface area contributed by atoms with Crippen molar-refractivity contribution >= 4 is 74.3 Å². The number of diazo groups is 1. The third-order valence-corrected chi connectivity index (χ3v) is 21.4. The summed E-state index contributed by atoms with van der Waals surface area (Å²) >= 11 is 0. The van der Waals surface area contributed by atoms with Gasteiger partial charge in [0.2, 0.25) is 5.39 Å². The number of phenols is 1. The number of fused-ring (bicyclic) bond motifs is 6. The van der Waals surface area contributed by atoms with E-state index >= 15 is 0 Å². The van der Waals surface area contributed by atoms with Crippen LogP contribution in [0.4, 0.5) is 18.0 Å². The van der Waals surface area contributed by atoms with Gasteiger partial charge in [0, 0.05) is 65.5 Å². The largest absolute Gasteiger partial charge is 0.513 e. The van der Waals surface area contributed by atoms with E-state index in [4.69, 9.17) is 33.8 Å². The Kier molecular flexibility index (Phi) is 26.0. The van der Waals surface area contributed by atoms with E-state index in [1.165, 1.54) is 67.9 Å². The molecule has 0 radical (unpaired) electrons. The fourth-order valence-corrected chi connectivity index (χ4v) is 15.4. The Labute approximate surface area is 720 Å². The van der Waals surface area contributed by atoms with Gasteiger partial charge in [-0.3, -0.25) is 58.4 Å². The molecule has 0 spiro atoms. The molecule has 3 aliphatic heterocycles. The second-order valence-corrected chi connectivity index (χ2v) is 29.0. The van der Waals surface area contributed by atoms with Crippen LogP contribution in [0.5, 0.6) is 34.5 Å². The highest BCUT2D eigenvalue weighted by Crippen LogP contribution is 2.50. The highest BCUT2D eigenvalue weighted by atomic mass is 19.1. The number of rotatable bonds is 23. The van der Waals surface area contributed by atoms with Gasteiger partial charge < -0.3 is 33.5 Å². The normalized spacial score (nSPS) is 12.4. The molecular formula is C101H78F3N8O14+. The highest BCUT2D eigenvalue weighted by molar-refractivity contribution is 6.29. The molecule has 18 rings (SSSR count). The Morgan fingerprint density at radius 3 is 0.960 bits per heavy atom. The SMILES string of the molecule is CCOC(=O)Oc1c2c(c(OC(c3ccccc3)c3ccccc3)c3ncccc13)C(=O)N(CCc1ccc(F)cc1)C2=O.COc1c2c(c(O)c3ncccc13)C(=O)N(CCc1ccc(F)cc1)C2=O.COc1c2c(c(OC(c3ccccc3)c3ccccc3)c3ncccc13)C(=O)N(CCc1ccc(F)cc1)C2=O.N#[N+]C(c1ccccc1)c1ccccc1. The van der Waals surface area contributed by atoms with Crippen molar-refractivity contribution in [3.05, 3.63) is 416 Å². The van der Waals surface area contributed by atoms with Crippen LogP contribution in [0.15, 0.2) is 310 Å². The van der Waals surface area contributed by atoms with Crippen molar-refractivity contribution in [2.45, 2.75) is 44.4 Å². The summed E-state index contributed by atoms with van der Waals surface area (Å²) in [6.07, 6.45) is 3.40. The first-order chi connectivity index (χ1) is 61.5. The van der Waals surface area contributed by atoms with Crippen LogP contribution in [-0.2, 0) is 24.0 Å². The second-order valence-electron chi connectivity index (χ2n) is 29.0. The molecule has 0 bridgehead atoms. The molecule has 6 heterocycles. The number of aromatic hydroxyl groups is 1. The first-order valence-corrected chi connectivity index (χ1v) is 40.2. The van der Waals surface area contributed by atoms with E-state index in [-0.39, 0.29) is 135 Å². The van der Waals surface area contributed by atoms with E-state index in [1.807, 2.05) is 182 Å². The summed E-state index contributed by atoms with van der Waals surface area (Å²) < 4.78 is 75.0. The van der Waals surface area contributed by atoms with Crippen LogP contribution in [0.2, 0.25) is 0 Å². The molecule has 0 saturated heterocycles. The Morgan fingerprint density at radius 1 is 0.365 bits per heavy atom. The Bertz CT molecular complexity index is 6490. The molecular weight excluding hydrogens is 1610 g/mol. The van der Waals surface area contributed by atoms with Gasteiger partial charge in [-0.2, -0.15) is 0 Å². The maximum Gasteiger partial charge on any atom is 0.513 e. The third kappa shape index (κ3) is 17.8. The minimum atomic E-state index is -1.02. The topological polar surface area (TPSA) is 272 Å². The molecule has 3 aromatic heterocycles. The minimum absolute atomic E-state index is 0.000832. The monoisotopic (exact) mass is 1680 g/mol. The Hall–Kier alpha value is -16.2. The van der Waals surface area contributed by atoms with E-state index in [1.54, 1.807) is 85.9 Å². The fraction of sp³-hybridized carbons (Fsp3) is 0.129. The van der Waals surface area contributed by atoms with Gasteiger partial charge in [0.05, 0.1) is 32.0 Å². The van der Waals surface area contributed by atoms with Crippen LogP contribution in [0.3, 0.4) is 0 Å². The van der Waals surface area contributed by atoms with E-state index < -0.39 is 53.8 Å². The zero-order valence-corrected chi connectivity index (χ0v) is 68.1. The third-order valence-electron chi connectivity index (χ3n) is 21.4. The van der Waals surface area contributed by atoms with Crippen LogP contribution in [-0.4, -0.2) is 117 Å². The lowest BCUT2D eigenvalue weighted by Gasteiger charge is -2.23. The quantitative estimate of drug-likeness (QED) is 0.0270. The summed E-state index contributed by atoms with van der Waals surface area (Å²) in [5.41, 5.74) is 8.63. The van der Waals surface area contributed by atoms with Crippen LogP contribution in [0.1, 0.15) is 137 Å². The number of phenolic OH excluding ortho intramolecular Hbond substituents is 1. The average Bonchev–Trinajstić information content (AvgIpc) is 1.56. The van der Waals surface area contributed by atoms with Gasteiger partial charge in [-0.05, 0) is 138 Å². The molecule has 3 aliphatic rings. The summed E-state index contributed by atoms with van der Waals surface area (Å²) in [5.74, 6) is -4.09. The number of pyridine rings is 3. The minimum Gasteiger partial charge on any atom is -0.505 e. The number of ether oxygens (including phenoxy) is 6. The molecule has 0 fully saturated rings. The molecule has 6 amide bonds. The summed E-state index contributed by atoms with van der Waals surface area (Å²) in [4.78, 5) is 114. The van der Waals surface area contributed by atoms with Gasteiger partial charge in [0.15, 0.2) is 23.0 Å². The van der Waals surface area contributed by atoms with E-state index in [9.17, 15) is 51.8 Å². The molecule has 0 aliphatic carbocycles. The van der Waals surface area contributed by atoms with Crippen molar-refractivity contribution in [2.24, 2.45) is 0 Å². The maximum atomic E-state index is 14.1. The molecule has 15 aromatic rings. The number of carbonyl (C=O) groups excluding carboxylic acids is 7. The number of methoxy groups -OCH3 is 2. The lowest BCUT2D eigenvalue weighted by Crippen LogP contribution is -2.32. The number of carbonyl (C=O) groups is 7. The van der Waals surface area contributed by atoms with Crippen LogP contribution in [0, 0.1) is 22.8 Å². The molecule has 0 unspecified atom stereocenters. The number of hydrogen-bond donors (Lipinski definition) is 1. The number of imide groups is 3. The fourth-order valence-electron chi connectivity index (χ4n) is 15.4. The molecule has 22 nitrogen and oxygen atoms in total. The number of aromatic nitrogens is 3. The predicted molar refractivity (Wildman–Crippen MR) is 465 cm³/mol. The van der Waals surface area contributed by atoms with Gasteiger partial charge >= 0.3 is 12.2 Å². The van der Waals surface area contributed by atoms with Crippen molar-refractivity contribution in [1.82, 2.24) is 29.7 Å². The standard InChI is InChI=1S/C35H27FN2O6.C33H25FN2O4.C20H15FN2O4.C13H11N2/c1-2-42-35(41)44-31-26-14-9-20-37-29(26)32(43-30(23-10-5-3-6-11-23)24-12-7-4-8-13-24)28-27(31)33(39)38(34(28)40)21-19-22-15-17-25(36)18-16-22;1-39-30-25-13-8-19-35-28(25)31(40-29(22-9-4-2-5-10-22)23-11-6-3-7-12-23)27-26(30)32(37)36(33(27)38)20-18-21-14-16-24(34)17-15-21;1-27-18-13-3-2-9-22-16(13)17(24)14-15(18)20(26)23(19(14)25)10-8-11-4-6-12(21)7-5-11;14-15-13(11-7-3-1-4-8-11)12-9-5-2-6-10-12/h3-18,20,30H,2,19,21H2,1H3;2-17,19,29H,18,20H2,1H3;2-7,9,24H,8,10H2,1H3;1-10,13H/q;;;+1. The summed E-state index contributed by atoms with van der Waals surface area (Å²) in [5, 5.41) is 20.9. The lowest BCUT2D eigenvalue weighted by atomic mass is 9.99. The van der Waals surface area contributed by atoms with E-state index in [0.717, 1.165) is 59.9 Å². The van der Waals surface area contributed by atoms with Crippen molar-refractivity contribution < 1.29 is 80.3 Å². The molecule has 626 valence electrons. The Balaban J connectivity index is 0.000000137. The zero-order valence-electron chi connectivity index (χ0n) is 68.1. The zero-order chi connectivity index (χ0) is 87.9. The maximum absolute atomic E-state index is 14.1. The van der Waals surface area contributed by atoms with Crippen LogP contribution < -0.4 is 23.7 Å². The smallest absolute Gasteiger partial charge is 0.505 e. The van der Waals surface area contributed by atoms with Crippen molar-refractivity contribution in [1.29, 1.82) is 5.39 Å². The van der Waals surface area contributed by atoms with Crippen LogP contribution in [0.25, 0.3) is 37.7 Å². The summed E-state index contributed by atoms with van der Waals surface area (Å²) in [6, 6.07) is 85.4. The Morgan fingerprint density at radius 2 is 0.643 bits per heavy atom. The van der Waals surface area contributed by atoms with Gasteiger partial charge in [0.25, 0.3) is 35.4 Å². The first kappa shape index (κ1) is 84.8. The number of amides is 6. The van der Waals surface area contributed by atoms with Crippen molar-refractivity contribution in [3.63, 3.8) is 0 Å². The predicted octanol–water partition coefficient (Wildman–Crippen LogP) is 19.9. The number of nitrogens with zero attached hydrogens (tertiary/aromatic N) is 8. The van der Waals surface area contributed by atoms with Crippen molar-refractivity contribution in [2.75, 3.05) is 40.5 Å². The lowest BCUT2D eigenvalue weighted by molar-refractivity contribution is 0.0637.